The van der Waals surface area contributed by atoms with Gasteiger partial charge >= 0.3 is 0 Å². The number of aldehydes is 1. The summed E-state index contributed by atoms with van der Waals surface area (Å²) in [4.78, 5) is 35.8. The monoisotopic (exact) mass is 378 g/mol. The van der Waals surface area contributed by atoms with Gasteiger partial charge in [-0.3, -0.25) is 19.7 Å². The van der Waals surface area contributed by atoms with Gasteiger partial charge in [0.05, 0.1) is 16.2 Å². The molecule has 0 aliphatic rings. The normalized spacial score (nSPS) is 10.5. The van der Waals surface area contributed by atoms with E-state index in [0.29, 0.717) is 12.8 Å². The van der Waals surface area contributed by atoms with Crippen LogP contribution in [0.2, 0.25) is 0 Å². The zero-order chi connectivity index (χ0) is 20.1. The molecule has 3 aromatic carbocycles. The van der Waals surface area contributed by atoms with Gasteiger partial charge in [-0.15, -0.1) is 0 Å². The molecular formula is C21H18N2O5. The number of anilines is 1. The molecule has 7 nitrogen and oxygen atoms in total. The fourth-order valence-corrected chi connectivity index (χ4v) is 3.02. The maximum Gasteiger partial charge on any atom is 0.270 e. The number of nitrogens with zero attached hydrogens (tertiary/aromatic N) is 2. The van der Waals surface area contributed by atoms with Crippen LogP contribution in [0, 0.1) is 10.1 Å². The van der Waals surface area contributed by atoms with E-state index >= 15 is 0 Å². The van der Waals surface area contributed by atoms with E-state index in [1.54, 1.807) is 4.90 Å². The van der Waals surface area contributed by atoms with Crippen molar-refractivity contribution in [1.29, 1.82) is 0 Å². The third kappa shape index (κ3) is 3.83. The molecule has 0 radical (unpaired) electrons. The Morgan fingerprint density at radius 2 is 1.89 bits per heavy atom. The van der Waals surface area contributed by atoms with E-state index in [-0.39, 0.29) is 29.5 Å². The van der Waals surface area contributed by atoms with Crippen LogP contribution >= 0.6 is 0 Å². The van der Waals surface area contributed by atoms with Crippen LogP contribution < -0.4 is 9.64 Å². The van der Waals surface area contributed by atoms with Crippen LogP contribution in [0.4, 0.5) is 11.4 Å². The number of fused-ring (bicyclic) bond motifs is 1. The number of likely N-dealkylation sites (N-methyl/N-ethyl adjacent to an activating group) is 1. The van der Waals surface area contributed by atoms with Crippen molar-refractivity contribution in [2.24, 2.45) is 0 Å². The molecule has 0 aromatic heterocycles. The highest BCUT2D eigenvalue weighted by Gasteiger charge is 2.18. The Kier molecular flexibility index (Phi) is 5.64. The Balaban J connectivity index is 1.82. The highest BCUT2D eigenvalue weighted by molar-refractivity contribution is 6.04. The molecule has 3 aromatic rings. The average Bonchev–Trinajstić information content (AvgIpc) is 2.72. The van der Waals surface area contributed by atoms with Gasteiger partial charge in [0.1, 0.15) is 5.75 Å². The summed E-state index contributed by atoms with van der Waals surface area (Å²) in [7, 11) is 0. The minimum atomic E-state index is -0.596. The molecule has 0 aliphatic carbocycles. The lowest BCUT2D eigenvalue weighted by atomic mass is 10.1. The maximum absolute atomic E-state index is 12.8. The van der Waals surface area contributed by atoms with Gasteiger partial charge in [-0.2, -0.15) is 0 Å². The zero-order valence-corrected chi connectivity index (χ0v) is 15.2. The van der Waals surface area contributed by atoms with Crippen molar-refractivity contribution >= 4 is 34.3 Å². The molecule has 3 rings (SSSR count). The number of carbonyl (C=O) groups is 2. The lowest BCUT2D eigenvalue weighted by Gasteiger charge is -2.23. The molecule has 0 saturated carbocycles. The first-order valence-corrected chi connectivity index (χ1v) is 8.69. The third-order valence-corrected chi connectivity index (χ3v) is 4.36. The largest absolute Gasteiger partial charge is 0.483 e. The summed E-state index contributed by atoms with van der Waals surface area (Å²) in [6, 6.07) is 17.2. The molecule has 0 N–H and O–H groups in total. The van der Waals surface area contributed by atoms with E-state index in [4.69, 9.17) is 4.74 Å². The first-order chi connectivity index (χ1) is 13.5. The van der Waals surface area contributed by atoms with Crippen molar-refractivity contribution in [2.45, 2.75) is 6.92 Å². The van der Waals surface area contributed by atoms with Crippen LogP contribution in [0.1, 0.15) is 17.3 Å². The molecule has 0 unspecified atom stereocenters. The molecule has 0 saturated heterocycles. The Labute approximate surface area is 161 Å². The van der Waals surface area contributed by atoms with Crippen LogP contribution in [0.3, 0.4) is 0 Å². The Morgan fingerprint density at radius 1 is 1.14 bits per heavy atom. The molecule has 0 fully saturated rings. The summed E-state index contributed by atoms with van der Waals surface area (Å²) in [6.07, 6.45) is 0.467. The first kappa shape index (κ1) is 19.0. The van der Waals surface area contributed by atoms with Crippen LogP contribution in [-0.2, 0) is 4.79 Å². The number of nitro groups is 1. The van der Waals surface area contributed by atoms with Gasteiger partial charge in [-0.05, 0) is 24.4 Å². The van der Waals surface area contributed by atoms with Gasteiger partial charge in [0.15, 0.2) is 12.9 Å². The Bertz CT molecular complexity index is 1040. The molecule has 7 heteroatoms. The summed E-state index contributed by atoms with van der Waals surface area (Å²) >= 11 is 0. The van der Waals surface area contributed by atoms with Crippen molar-refractivity contribution < 1.29 is 19.2 Å². The number of carbonyl (C=O) groups excluding carboxylic acids is 2. The number of ether oxygens (including phenoxy) is 1. The van der Waals surface area contributed by atoms with E-state index in [9.17, 15) is 19.7 Å². The smallest absolute Gasteiger partial charge is 0.270 e. The van der Waals surface area contributed by atoms with E-state index in [1.165, 1.54) is 12.1 Å². The molecule has 142 valence electrons. The lowest BCUT2D eigenvalue weighted by molar-refractivity contribution is -0.384. The molecule has 0 atom stereocenters. The maximum atomic E-state index is 12.8. The second-order valence-corrected chi connectivity index (χ2v) is 6.02. The first-order valence-electron chi connectivity index (χ1n) is 8.69. The SMILES string of the molecule is CCN(C(=O)COc1ccc([N+](=O)[O-])cc1C=O)c1cccc2ccccc12. The molecule has 1 amide bonds. The molecule has 0 spiro atoms. The number of hydrogen-bond donors (Lipinski definition) is 0. The third-order valence-electron chi connectivity index (χ3n) is 4.36. The van der Waals surface area contributed by atoms with Crippen molar-refractivity contribution in [3.05, 3.63) is 76.3 Å². The fraction of sp³-hybridized carbons (Fsp3) is 0.143. The molecule has 0 heterocycles. The van der Waals surface area contributed by atoms with Crippen molar-refractivity contribution in [1.82, 2.24) is 0 Å². The molecule has 0 aliphatic heterocycles. The predicted octanol–water partition coefficient (Wildman–Crippen LogP) is 3.99. The van der Waals surface area contributed by atoms with E-state index in [2.05, 4.69) is 0 Å². The van der Waals surface area contributed by atoms with Crippen molar-refractivity contribution in [3.8, 4) is 5.75 Å². The van der Waals surface area contributed by atoms with Crippen LogP contribution in [0.5, 0.6) is 5.75 Å². The number of non-ortho nitro benzene ring substituents is 1. The van der Waals surface area contributed by atoms with Crippen LogP contribution in [0.15, 0.2) is 60.7 Å². The number of hydrogen-bond acceptors (Lipinski definition) is 5. The summed E-state index contributed by atoms with van der Waals surface area (Å²) in [5.41, 5.74) is 0.579. The van der Waals surface area contributed by atoms with Gasteiger partial charge < -0.3 is 9.64 Å². The van der Waals surface area contributed by atoms with E-state index < -0.39 is 4.92 Å². The van der Waals surface area contributed by atoms with Gasteiger partial charge in [0.25, 0.3) is 11.6 Å². The fourth-order valence-electron chi connectivity index (χ4n) is 3.02. The predicted molar refractivity (Wildman–Crippen MR) is 106 cm³/mol. The van der Waals surface area contributed by atoms with Gasteiger partial charge in [0, 0.05) is 24.1 Å². The minimum Gasteiger partial charge on any atom is -0.483 e. The highest BCUT2D eigenvalue weighted by atomic mass is 16.6. The number of nitro benzene ring substituents is 1. The van der Waals surface area contributed by atoms with Gasteiger partial charge in [0.2, 0.25) is 0 Å². The van der Waals surface area contributed by atoms with Gasteiger partial charge in [-0.1, -0.05) is 36.4 Å². The summed E-state index contributed by atoms with van der Waals surface area (Å²) in [5, 5.41) is 12.8. The topological polar surface area (TPSA) is 89.8 Å². The van der Waals surface area contributed by atoms with Crippen LogP contribution in [-0.4, -0.2) is 30.3 Å². The second-order valence-electron chi connectivity index (χ2n) is 6.02. The number of amides is 1. The Morgan fingerprint density at radius 3 is 2.61 bits per heavy atom. The molecular weight excluding hydrogens is 360 g/mol. The van der Waals surface area contributed by atoms with Crippen molar-refractivity contribution in [3.63, 3.8) is 0 Å². The van der Waals surface area contributed by atoms with Crippen LogP contribution in [0.25, 0.3) is 10.8 Å². The number of benzene rings is 3. The standard InChI is InChI=1S/C21H18N2O5/c1-2-22(19-9-5-7-15-6-3-4-8-18(15)19)21(25)14-28-20-11-10-17(23(26)27)12-16(20)13-24/h3-13H,2,14H2,1H3. The Hall–Kier alpha value is -3.74. The summed E-state index contributed by atoms with van der Waals surface area (Å²) in [6.45, 7) is 2.01. The highest BCUT2D eigenvalue weighted by Crippen LogP contribution is 2.27. The molecule has 28 heavy (non-hydrogen) atoms. The average molecular weight is 378 g/mol. The number of rotatable bonds is 7. The molecule has 0 bridgehead atoms. The van der Waals surface area contributed by atoms with E-state index in [0.717, 1.165) is 22.5 Å². The minimum absolute atomic E-state index is 0.0233. The summed E-state index contributed by atoms with van der Waals surface area (Å²) in [5.74, 6) is -0.156. The van der Waals surface area contributed by atoms with Gasteiger partial charge in [-0.25, -0.2) is 0 Å². The summed E-state index contributed by atoms with van der Waals surface area (Å²) < 4.78 is 5.50. The zero-order valence-electron chi connectivity index (χ0n) is 15.2. The van der Waals surface area contributed by atoms with Crippen molar-refractivity contribution in [2.75, 3.05) is 18.1 Å². The quantitative estimate of drug-likeness (QED) is 0.352. The second kappa shape index (κ2) is 8.30. The lowest BCUT2D eigenvalue weighted by Crippen LogP contribution is -2.35. The van der Waals surface area contributed by atoms with E-state index in [1.807, 2.05) is 49.4 Å².